The summed E-state index contributed by atoms with van der Waals surface area (Å²) in [5.41, 5.74) is 12.4. The molecule has 2 aliphatic heterocycles. The molecule has 5 heterocycles. The van der Waals surface area contributed by atoms with Gasteiger partial charge in [0.2, 0.25) is 17.8 Å². The Morgan fingerprint density at radius 1 is 0.863 bits per heavy atom. The number of Topliss-reactive ketones (excluding diaryl/α,β-unsaturated/α-hetero) is 2. The second kappa shape index (κ2) is 17.9. The first-order valence-corrected chi connectivity index (χ1v) is 16.5. The minimum Gasteiger partial charge on any atom is -0.443 e. The Kier molecular flexibility index (Phi) is 14.9. The van der Waals surface area contributed by atoms with Crippen LogP contribution in [0.1, 0.15) is 80.9 Å². The molecule has 0 saturated carbocycles. The van der Waals surface area contributed by atoms with Gasteiger partial charge in [-0.1, -0.05) is 15.9 Å². The molecule has 5 N–H and O–H groups in total. The highest BCUT2D eigenvalue weighted by molar-refractivity contribution is 9.09. The number of carbonyl (C=O) groups is 6. The lowest BCUT2D eigenvalue weighted by Gasteiger charge is -2.28. The number of imide groups is 2. The highest BCUT2D eigenvalue weighted by atomic mass is 79.9. The average molecular weight is 840 g/mol. The minimum absolute atomic E-state index is 0. The Hall–Kier alpha value is -4.78. The molecule has 276 valence electrons. The fourth-order valence-corrected chi connectivity index (χ4v) is 4.62. The van der Waals surface area contributed by atoms with E-state index in [1.807, 2.05) is 0 Å². The molecule has 0 bridgehead atoms. The van der Waals surface area contributed by atoms with Gasteiger partial charge in [-0.15, -0.1) is 17.0 Å². The number of amides is 4. The average Bonchev–Trinajstić information content (AvgIpc) is 3.45. The van der Waals surface area contributed by atoms with E-state index in [0.717, 1.165) is 15.5 Å². The number of H-pyrrole nitrogens is 1. The van der Waals surface area contributed by atoms with E-state index >= 15 is 0 Å². The van der Waals surface area contributed by atoms with Crippen molar-refractivity contribution >= 4 is 80.4 Å². The first kappa shape index (κ1) is 42.4. The standard InChI is InChI=1S/C16H19N5O3.C10H15NO4.C6H6BrN3O.BrH/c1-16(2,3)24-15(23)21-7-5-10-9(13(21)22)8-12(19-10)11-4-6-18-14(17)20-11;1-10(2,3)15-9(14)11-5-4-7(12)6-8(11)13;7-3-5(11)4-1-2-9-6(8)10-4;/h4,6,8,19H,5,7H2,1-3H3,(H2,17,18,20);4-6H2,1-3H3;1-2H,3H2,(H2,8,9,10);1H. The van der Waals surface area contributed by atoms with Gasteiger partial charge in [0.25, 0.3) is 5.91 Å². The molecule has 0 unspecified atom stereocenters. The summed E-state index contributed by atoms with van der Waals surface area (Å²) in [5, 5.41) is 0.253. The third kappa shape index (κ3) is 12.8. The van der Waals surface area contributed by atoms with E-state index < -0.39 is 29.3 Å². The smallest absolute Gasteiger partial charge is 0.417 e. The number of nitrogens with zero attached hydrogens (tertiary/aromatic N) is 6. The number of aromatic nitrogens is 5. The van der Waals surface area contributed by atoms with Gasteiger partial charge in [0.15, 0.2) is 5.78 Å². The quantitative estimate of drug-likeness (QED) is 0.189. The molecule has 17 nitrogen and oxygen atoms in total. The third-order valence-electron chi connectivity index (χ3n) is 6.48. The Morgan fingerprint density at radius 3 is 1.94 bits per heavy atom. The molecule has 2 aliphatic rings. The number of fused-ring (bicyclic) bond motifs is 1. The van der Waals surface area contributed by atoms with Crippen molar-refractivity contribution < 1.29 is 38.2 Å². The molecule has 0 aliphatic carbocycles. The normalized spacial score (nSPS) is 14.1. The number of hydrogen-bond acceptors (Lipinski definition) is 14. The number of carbonyl (C=O) groups excluding carboxylic acids is 6. The number of nitrogens with one attached hydrogen (secondary N) is 1. The zero-order valence-electron chi connectivity index (χ0n) is 29.0. The van der Waals surface area contributed by atoms with Crippen molar-refractivity contribution in [3.05, 3.63) is 47.5 Å². The van der Waals surface area contributed by atoms with Gasteiger partial charge in [-0.05, 0) is 59.7 Å². The molecule has 0 atom stereocenters. The minimum atomic E-state index is -0.667. The number of rotatable bonds is 3. The van der Waals surface area contributed by atoms with Crippen LogP contribution in [-0.2, 0) is 25.5 Å². The maximum Gasteiger partial charge on any atom is 0.417 e. The Bertz CT molecular complexity index is 1770. The first-order chi connectivity index (χ1) is 23.3. The lowest BCUT2D eigenvalue weighted by Crippen LogP contribution is -2.45. The van der Waals surface area contributed by atoms with E-state index in [1.165, 1.54) is 12.3 Å². The second-order valence-corrected chi connectivity index (χ2v) is 13.5. The maximum absolute atomic E-state index is 12.6. The molecule has 0 radical (unpaired) electrons. The van der Waals surface area contributed by atoms with Crippen LogP contribution in [0.15, 0.2) is 30.6 Å². The van der Waals surface area contributed by atoms with E-state index in [1.54, 1.807) is 59.9 Å². The second-order valence-electron chi connectivity index (χ2n) is 12.9. The molecular weight excluding hydrogens is 798 g/mol. The molecule has 3 aromatic rings. The third-order valence-corrected chi connectivity index (χ3v) is 6.99. The van der Waals surface area contributed by atoms with Crippen molar-refractivity contribution in [3.8, 4) is 11.4 Å². The topological polar surface area (TPSA) is 247 Å². The molecule has 1 saturated heterocycles. The molecule has 5 rings (SSSR count). The molecule has 0 spiro atoms. The fraction of sp³-hybridized carbons (Fsp3) is 0.438. The van der Waals surface area contributed by atoms with Crippen LogP contribution in [0.25, 0.3) is 11.4 Å². The number of halogens is 2. The lowest BCUT2D eigenvalue weighted by molar-refractivity contribution is -0.138. The van der Waals surface area contributed by atoms with E-state index in [0.29, 0.717) is 29.1 Å². The highest BCUT2D eigenvalue weighted by Gasteiger charge is 2.34. The predicted octanol–water partition coefficient (Wildman–Crippen LogP) is 4.31. The number of nitrogen functional groups attached to an aromatic ring is 2. The summed E-state index contributed by atoms with van der Waals surface area (Å²) in [6, 6.07) is 4.90. The van der Waals surface area contributed by atoms with E-state index in [4.69, 9.17) is 20.9 Å². The maximum atomic E-state index is 12.6. The van der Waals surface area contributed by atoms with Gasteiger partial charge >= 0.3 is 12.2 Å². The zero-order valence-corrected chi connectivity index (χ0v) is 32.3. The summed E-state index contributed by atoms with van der Waals surface area (Å²) in [6.45, 7) is 10.9. The predicted molar refractivity (Wildman–Crippen MR) is 194 cm³/mol. The SMILES string of the molecule is Br.CC(C)(C)OC(=O)N1CCC(=O)CC1=O.CC(C)(C)OC(=O)N1CCc2[nH]c(-c3ccnc(N)n3)cc2C1=O.Nc1nccc(C(=O)CBr)n1. The van der Waals surface area contributed by atoms with Gasteiger partial charge in [0.05, 0.1) is 28.7 Å². The Labute approximate surface area is 313 Å². The Morgan fingerprint density at radius 2 is 1.41 bits per heavy atom. The number of ether oxygens (including phenoxy) is 2. The van der Waals surface area contributed by atoms with Gasteiger partial charge in [-0.2, -0.15) is 0 Å². The van der Waals surface area contributed by atoms with E-state index in [9.17, 15) is 28.8 Å². The molecule has 0 aromatic carbocycles. The van der Waals surface area contributed by atoms with Crippen molar-refractivity contribution in [2.45, 2.75) is 72.0 Å². The number of likely N-dealkylation sites (tertiary alicyclic amines) is 1. The van der Waals surface area contributed by atoms with Gasteiger partial charge in [0, 0.05) is 44.0 Å². The van der Waals surface area contributed by atoms with Gasteiger partial charge in [0.1, 0.15) is 22.7 Å². The number of nitrogens with two attached hydrogens (primary N) is 2. The number of alkyl halides is 1. The highest BCUT2D eigenvalue weighted by Crippen LogP contribution is 2.26. The largest absolute Gasteiger partial charge is 0.443 e. The summed E-state index contributed by atoms with van der Waals surface area (Å²) in [5.74, 6) is -0.798. The summed E-state index contributed by atoms with van der Waals surface area (Å²) < 4.78 is 10.3. The van der Waals surface area contributed by atoms with Crippen LogP contribution in [-0.4, -0.2) is 99.9 Å². The molecular formula is C32H41Br2N9O8. The van der Waals surface area contributed by atoms with Gasteiger partial charge in [-0.25, -0.2) is 39.3 Å². The summed E-state index contributed by atoms with van der Waals surface area (Å²) in [7, 11) is 0. The van der Waals surface area contributed by atoms with Crippen molar-refractivity contribution in [1.82, 2.24) is 34.7 Å². The van der Waals surface area contributed by atoms with E-state index in [2.05, 4.69) is 40.8 Å². The number of ketones is 2. The summed E-state index contributed by atoms with van der Waals surface area (Å²) in [4.78, 5) is 90.2. The lowest BCUT2D eigenvalue weighted by atomic mass is 10.1. The Balaban J connectivity index is 0.000000287. The molecule has 4 amide bonds. The first-order valence-electron chi connectivity index (χ1n) is 15.4. The van der Waals surface area contributed by atoms with Crippen LogP contribution in [0.2, 0.25) is 0 Å². The fourth-order valence-electron chi connectivity index (χ4n) is 4.33. The van der Waals surface area contributed by atoms with Crippen molar-refractivity contribution in [1.29, 1.82) is 0 Å². The molecule has 3 aromatic heterocycles. The number of anilines is 2. The number of aromatic amines is 1. The van der Waals surface area contributed by atoms with Crippen LogP contribution in [0, 0.1) is 0 Å². The summed E-state index contributed by atoms with van der Waals surface area (Å²) in [6.07, 6.45) is 2.27. The summed E-state index contributed by atoms with van der Waals surface area (Å²) >= 11 is 3.03. The number of piperidine rings is 1. The van der Waals surface area contributed by atoms with Crippen LogP contribution in [0.5, 0.6) is 0 Å². The number of hydrogen-bond donors (Lipinski definition) is 3. The molecule has 1 fully saturated rings. The van der Waals surface area contributed by atoms with Crippen LogP contribution < -0.4 is 11.5 Å². The van der Waals surface area contributed by atoms with Crippen molar-refractivity contribution in [3.63, 3.8) is 0 Å². The van der Waals surface area contributed by atoms with E-state index in [-0.39, 0.29) is 77.6 Å². The van der Waals surface area contributed by atoms with Gasteiger partial charge < -0.3 is 25.9 Å². The van der Waals surface area contributed by atoms with Crippen molar-refractivity contribution in [2.24, 2.45) is 0 Å². The van der Waals surface area contributed by atoms with Gasteiger partial charge in [-0.3, -0.25) is 19.2 Å². The molecule has 19 heteroatoms. The molecule has 51 heavy (non-hydrogen) atoms. The van der Waals surface area contributed by atoms with Crippen LogP contribution in [0.3, 0.4) is 0 Å². The van der Waals surface area contributed by atoms with Crippen LogP contribution >= 0.6 is 32.9 Å². The van der Waals surface area contributed by atoms with Crippen molar-refractivity contribution in [2.75, 3.05) is 29.9 Å². The monoisotopic (exact) mass is 837 g/mol. The zero-order chi connectivity index (χ0) is 37.4. The van der Waals surface area contributed by atoms with Crippen LogP contribution in [0.4, 0.5) is 21.5 Å².